The first-order valence-corrected chi connectivity index (χ1v) is 35.2. The van der Waals surface area contributed by atoms with E-state index in [1.807, 2.05) is 6.92 Å². The summed E-state index contributed by atoms with van der Waals surface area (Å²) in [6.45, 7) is 11.3. The third-order valence-electron chi connectivity index (χ3n) is 19.7. The van der Waals surface area contributed by atoms with E-state index >= 15 is 17.6 Å². The van der Waals surface area contributed by atoms with Crippen LogP contribution in [-0.2, 0) is 41.7 Å². The number of benzene rings is 6. The zero-order valence-electron chi connectivity index (χ0n) is 59.3. The van der Waals surface area contributed by atoms with E-state index in [9.17, 15) is 73.5 Å². The van der Waals surface area contributed by atoms with Gasteiger partial charge in [-0.05, 0) is 210 Å². The summed E-state index contributed by atoms with van der Waals surface area (Å²) in [5, 5.41) is 16.4. The lowest BCUT2D eigenvalue weighted by molar-refractivity contribution is -0.161. The molecule has 0 bridgehead atoms. The predicted molar refractivity (Wildman–Crippen MR) is 375 cm³/mol. The zero-order chi connectivity index (χ0) is 77.8. The minimum absolute atomic E-state index is 0.00544. The standard InChI is InChI=1S/C29H33F4N3O3.C28H30F4N4O3.C21H20F4N2O2/c1-18-15-22(8-10-24(18)30)35-27(38)20-7-9-25(31)23(17-20)29(32,33)28(39)36-13-11-21(12-14-36)34-26(37)16-19-5-3-2-4-6-19;1-16-13-21(4-6-23(16)29)35-26(38)19-3-5-24(30)22(14-19)28(31,32)27(39)36-11-8-20(9-12-36)34-17(2)18-7-10-33-25(37)15-18;1-12-7-8-27(11-12)20(29)21(24,25)16-10-14(3-5-18(16)23)19(28)26-15-4-6-17(22)13(2)9-15/h7-10,15,17,19,21H,2-6,11-14,16H2,1H3,(H,34,37)(H,35,38);3-6,13-14,18,20,34H,2,7-12,15H2,1H3,(H,33,37)(H,35,38);3-6,9-10,12H,7-8,11H2,1-2H3,(H,26,28)/t;;12-/m..0/s1. The van der Waals surface area contributed by atoms with Crippen molar-refractivity contribution in [2.24, 2.45) is 17.8 Å². The van der Waals surface area contributed by atoms with Crippen LogP contribution in [0, 0.1) is 73.4 Å². The molecule has 11 rings (SSSR count). The first-order valence-electron chi connectivity index (χ1n) is 35.2. The molecule has 1 saturated carbocycles. The summed E-state index contributed by atoms with van der Waals surface area (Å²) in [7, 11) is 0. The molecule has 29 heteroatoms. The van der Waals surface area contributed by atoms with E-state index < -0.39 is 105 Å². The molecule has 0 spiro atoms. The molecule has 5 fully saturated rings. The second-order valence-electron chi connectivity index (χ2n) is 27.8. The van der Waals surface area contributed by atoms with Crippen LogP contribution in [-0.4, -0.2) is 120 Å². The SMILES string of the molecule is C=C(NC1CCN(C(=O)C(F)(F)c2cc(C(=O)Nc3ccc(F)c(C)c3)ccc2F)CC1)C1CCNC(=O)C1.Cc1cc(NC(=O)c2ccc(F)c(C(F)(F)C(=O)N3CCC(NC(=O)CC4CCCCC4)CC3)c2)ccc1F.Cc1cc(NC(=O)c2ccc(F)c(C(F)(F)C(=O)N3CC[C@H](C)C3)c2)ccc1F. The average molecular weight is 1500 g/mol. The summed E-state index contributed by atoms with van der Waals surface area (Å²) in [5.74, 6) is -24.4. The fraction of sp³-hybridized carbons (Fsp3) is 0.410. The molecule has 1 unspecified atom stereocenters. The van der Waals surface area contributed by atoms with Crippen LogP contribution >= 0.6 is 0 Å². The van der Waals surface area contributed by atoms with E-state index in [-0.39, 0.29) is 120 Å². The number of carbonyl (C=O) groups is 8. The monoisotopic (exact) mass is 1500 g/mol. The lowest BCUT2D eigenvalue weighted by Gasteiger charge is -2.36. The largest absolute Gasteiger partial charge is 0.386 e. The molecular formula is C78H83F12N9O8. The first-order chi connectivity index (χ1) is 50.6. The minimum Gasteiger partial charge on any atom is -0.386 e. The highest BCUT2D eigenvalue weighted by atomic mass is 19.3. The van der Waals surface area contributed by atoms with Crippen LogP contribution in [0.2, 0.25) is 0 Å². The quantitative estimate of drug-likeness (QED) is 0.0450. The highest BCUT2D eigenvalue weighted by molar-refractivity contribution is 6.06. The molecule has 8 amide bonds. The Morgan fingerprint density at radius 3 is 1.17 bits per heavy atom. The van der Waals surface area contributed by atoms with Gasteiger partial charge in [-0.25, -0.2) is 26.3 Å². The fourth-order valence-electron chi connectivity index (χ4n) is 13.4. The molecule has 6 aromatic rings. The van der Waals surface area contributed by atoms with Crippen LogP contribution in [0.4, 0.5) is 69.7 Å². The molecule has 4 saturated heterocycles. The molecular weight excluding hydrogens is 1420 g/mol. The number of allylic oxidation sites excluding steroid dienone is 1. The Hall–Kier alpha value is -10.2. The molecule has 572 valence electrons. The Labute approximate surface area is 610 Å². The molecule has 2 atom stereocenters. The Balaban J connectivity index is 0.000000188. The molecule has 6 N–H and O–H groups in total. The van der Waals surface area contributed by atoms with Crippen LogP contribution in [0.25, 0.3) is 0 Å². The number of hydrogen-bond donors (Lipinski definition) is 6. The number of anilines is 3. The van der Waals surface area contributed by atoms with E-state index in [0.29, 0.717) is 92.9 Å². The number of nitrogens with zero attached hydrogens (tertiary/aromatic N) is 3. The van der Waals surface area contributed by atoms with Gasteiger partial charge in [0, 0.05) is 116 Å². The molecule has 107 heavy (non-hydrogen) atoms. The number of hydrogen-bond acceptors (Lipinski definition) is 9. The van der Waals surface area contributed by atoms with Crippen molar-refractivity contribution >= 4 is 64.3 Å². The lowest BCUT2D eigenvalue weighted by Crippen LogP contribution is -2.50. The van der Waals surface area contributed by atoms with E-state index in [4.69, 9.17) is 0 Å². The summed E-state index contributed by atoms with van der Waals surface area (Å²) in [4.78, 5) is 103. The van der Waals surface area contributed by atoms with Gasteiger partial charge in [-0.1, -0.05) is 32.8 Å². The minimum atomic E-state index is -4.20. The van der Waals surface area contributed by atoms with Crippen molar-refractivity contribution in [3.8, 4) is 0 Å². The maximum atomic E-state index is 15.3. The highest BCUT2D eigenvalue weighted by Crippen LogP contribution is 2.39. The Morgan fingerprint density at radius 2 is 0.813 bits per heavy atom. The molecule has 4 aliphatic heterocycles. The van der Waals surface area contributed by atoms with E-state index in [2.05, 4.69) is 38.5 Å². The number of alkyl halides is 6. The Kier molecular flexibility index (Phi) is 26.5. The second kappa shape index (κ2) is 35.0. The maximum absolute atomic E-state index is 15.3. The van der Waals surface area contributed by atoms with Crippen molar-refractivity contribution in [1.29, 1.82) is 0 Å². The van der Waals surface area contributed by atoms with E-state index in [1.165, 1.54) is 63.6 Å². The molecule has 5 aliphatic rings. The van der Waals surface area contributed by atoms with Gasteiger partial charge in [0.1, 0.15) is 34.9 Å². The van der Waals surface area contributed by atoms with Crippen molar-refractivity contribution in [3.05, 3.63) is 206 Å². The number of carbonyl (C=O) groups excluding carboxylic acids is 8. The zero-order valence-corrected chi connectivity index (χ0v) is 59.3. The van der Waals surface area contributed by atoms with Crippen LogP contribution < -0.4 is 31.9 Å². The van der Waals surface area contributed by atoms with Crippen LogP contribution in [0.3, 0.4) is 0 Å². The molecule has 4 heterocycles. The van der Waals surface area contributed by atoms with Gasteiger partial charge in [-0.2, -0.15) is 26.3 Å². The van der Waals surface area contributed by atoms with Crippen LogP contribution in [0.1, 0.15) is 155 Å². The third kappa shape index (κ3) is 20.5. The average Bonchev–Trinajstić information content (AvgIpc) is 1.78. The van der Waals surface area contributed by atoms with Gasteiger partial charge in [-0.3, -0.25) is 38.4 Å². The number of likely N-dealkylation sites (tertiary alicyclic amines) is 3. The van der Waals surface area contributed by atoms with Crippen molar-refractivity contribution < 1.29 is 91.0 Å². The number of rotatable bonds is 18. The van der Waals surface area contributed by atoms with Gasteiger partial charge >= 0.3 is 17.8 Å². The second-order valence-corrected chi connectivity index (χ2v) is 27.8. The molecule has 6 aromatic carbocycles. The van der Waals surface area contributed by atoms with Crippen molar-refractivity contribution in [2.75, 3.05) is 61.8 Å². The van der Waals surface area contributed by atoms with Gasteiger partial charge < -0.3 is 46.6 Å². The van der Waals surface area contributed by atoms with Crippen molar-refractivity contribution in [1.82, 2.24) is 30.7 Å². The van der Waals surface area contributed by atoms with Crippen LogP contribution in [0.5, 0.6) is 0 Å². The van der Waals surface area contributed by atoms with E-state index in [0.717, 1.165) is 95.3 Å². The highest BCUT2D eigenvalue weighted by Gasteiger charge is 2.50. The van der Waals surface area contributed by atoms with Gasteiger partial charge in [0.25, 0.3) is 35.4 Å². The number of nitrogens with one attached hydrogen (secondary N) is 6. The lowest BCUT2D eigenvalue weighted by atomic mass is 9.86. The van der Waals surface area contributed by atoms with E-state index in [1.54, 1.807) is 0 Å². The summed E-state index contributed by atoms with van der Waals surface area (Å²) in [5.41, 5.74) is -2.06. The molecule has 0 radical (unpaired) electrons. The predicted octanol–water partition coefficient (Wildman–Crippen LogP) is 14.4. The number of amides is 8. The topological polar surface area (TPSA) is 218 Å². The van der Waals surface area contributed by atoms with Crippen molar-refractivity contribution in [3.63, 3.8) is 0 Å². The summed E-state index contributed by atoms with van der Waals surface area (Å²) >= 11 is 0. The third-order valence-corrected chi connectivity index (χ3v) is 19.7. The number of halogens is 12. The summed E-state index contributed by atoms with van der Waals surface area (Å²) in [6.07, 6.45) is 9.10. The fourth-order valence-corrected chi connectivity index (χ4v) is 13.4. The summed E-state index contributed by atoms with van der Waals surface area (Å²) in [6, 6.07) is 18.5. The van der Waals surface area contributed by atoms with Crippen LogP contribution in [0.15, 0.2) is 121 Å². The van der Waals surface area contributed by atoms with Crippen molar-refractivity contribution in [2.45, 2.75) is 141 Å². The molecule has 0 aromatic heterocycles. The maximum Gasteiger partial charge on any atom is 0.352 e. The molecule has 17 nitrogen and oxygen atoms in total. The smallest absolute Gasteiger partial charge is 0.352 e. The number of aryl methyl sites for hydroxylation is 3. The normalized spacial score (nSPS) is 17.5. The number of piperidine rings is 3. The van der Waals surface area contributed by atoms with Gasteiger partial charge in [0.2, 0.25) is 11.8 Å². The Bertz CT molecular complexity index is 4330. The van der Waals surface area contributed by atoms with Gasteiger partial charge in [0.05, 0.1) is 16.7 Å². The Morgan fingerprint density at radius 1 is 0.458 bits per heavy atom. The first kappa shape index (κ1) is 80.9. The molecule has 1 aliphatic carbocycles. The van der Waals surface area contributed by atoms with Gasteiger partial charge in [-0.15, -0.1) is 0 Å². The summed E-state index contributed by atoms with van der Waals surface area (Å²) < 4.78 is 174. The van der Waals surface area contributed by atoms with Gasteiger partial charge in [0.15, 0.2) is 0 Å².